The Morgan fingerprint density at radius 1 is 1.14 bits per heavy atom. The van der Waals surface area contributed by atoms with Crippen LogP contribution < -0.4 is 10.1 Å². The van der Waals surface area contributed by atoms with Crippen LogP contribution in [0.15, 0.2) is 91.5 Å². The molecule has 3 atom stereocenters. The van der Waals surface area contributed by atoms with Gasteiger partial charge < -0.3 is 15.0 Å². The van der Waals surface area contributed by atoms with E-state index in [4.69, 9.17) is 16.6 Å². The Kier molecular flexibility index (Phi) is 8.78. The number of para-hydroxylation sites is 3. The van der Waals surface area contributed by atoms with E-state index in [0.29, 0.717) is 24.2 Å². The molecule has 0 fully saturated rings. The van der Waals surface area contributed by atoms with Crippen LogP contribution in [0.3, 0.4) is 0 Å². The number of amides is 1. The summed E-state index contributed by atoms with van der Waals surface area (Å²) >= 11 is 6.90. The number of carbonyl (C=O) groups excluding carboxylic acids is 1. The maximum absolute atomic E-state index is 13.5. The van der Waals surface area contributed by atoms with Gasteiger partial charge in [-0.3, -0.25) is 4.79 Å². The van der Waals surface area contributed by atoms with E-state index >= 15 is 0 Å². The summed E-state index contributed by atoms with van der Waals surface area (Å²) in [4.78, 5) is 21.7. The van der Waals surface area contributed by atoms with E-state index in [1.807, 2.05) is 62.4 Å². The average Bonchev–Trinajstić information content (AvgIpc) is 3.40. The van der Waals surface area contributed by atoms with Crippen LogP contribution in [0.4, 0.5) is 13.2 Å². The van der Waals surface area contributed by atoms with Crippen LogP contribution in [-0.4, -0.2) is 27.6 Å². The monoisotopic (exact) mass is 605 g/mol. The molecule has 2 unspecified atom stereocenters. The summed E-state index contributed by atoms with van der Waals surface area (Å²) in [5.74, 6) is -0.337. The molecule has 1 aliphatic rings. The molecule has 1 heterocycles. The third-order valence-electron chi connectivity index (χ3n) is 7.40. The second-order valence-corrected chi connectivity index (χ2v) is 11.0. The first-order valence-electron chi connectivity index (χ1n) is 14.0. The summed E-state index contributed by atoms with van der Waals surface area (Å²) in [6, 6.07) is 18.3. The Balaban J connectivity index is 1.47. The molecule has 43 heavy (non-hydrogen) atoms. The van der Waals surface area contributed by atoms with Gasteiger partial charge >= 0.3 is 6.36 Å². The van der Waals surface area contributed by atoms with Gasteiger partial charge in [0.2, 0.25) is 0 Å². The van der Waals surface area contributed by atoms with Crippen molar-refractivity contribution >= 4 is 39.7 Å². The molecule has 0 saturated carbocycles. The highest BCUT2D eigenvalue weighted by molar-refractivity contribution is 6.23. The number of carbonyl (C=O) groups is 1. The van der Waals surface area contributed by atoms with Crippen LogP contribution in [0, 0.1) is 0 Å². The van der Waals surface area contributed by atoms with Gasteiger partial charge in [0.15, 0.2) is 0 Å². The van der Waals surface area contributed by atoms with Crippen molar-refractivity contribution in [3.8, 4) is 5.75 Å². The maximum atomic E-state index is 13.5. The Labute approximate surface area is 253 Å². The lowest BCUT2D eigenvalue weighted by molar-refractivity contribution is -0.275. The molecule has 0 spiro atoms. The van der Waals surface area contributed by atoms with E-state index in [1.165, 1.54) is 18.2 Å². The summed E-state index contributed by atoms with van der Waals surface area (Å²) < 4.78 is 43.5. The first-order chi connectivity index (χ1) is 20.6. The van der Waals surface area contributed by atoms with Gasteiger partial charge in [0.05, 0.1) is 22.5 Å². The number of benzene rings is 3. The quantitative estimate of drug-likeness (QED) is 0.187. The minimum atomic E-state index is -4.85. The fourth-order valence-electron chi connectivity index (χ4n) is 5.47. The van der Waals surface area contributed by atoms with Gasteiger partial charge in [-0.05, 0) is 54.8 Å². The van der Waals surface area contributed by atoms with Crippen LogP contribution in [0.1, 0.15) is 71.5 Å². The molecule has 5 nitrogen and oxygen atoms in total. The highest BCUT2D eigenvalue weighted by Crippen LogP contribution is 2.42. The van der Waals surface area contributed by atoms with Crippen LogP contribution in [0.2, 0.25) is 0 Å². The van der Waals surface area contributed by atoms with Crippen molar-refractivity contribution in [3.05, 3.63) is 120 Å². The number of aromatic amines is 1. The molecule has 1 aliphatic carbocycles. The summed E-state index contributed by atoms with van der Waals surface area (Å²) in [7, 11) is 0. The molecule has 0 saturated heterocycles. The van der Waals surface area contributed by atoms with Crippen molar-refractivity contribution in [3.63, 3.8) is 0 Å². The van der Waals surface area contributed by atoms with E-state index in [9.17, 15) is 18.0 Å². The number of rotatable bonds is 9. The molecule has 0 aliphatic heterocycles. The smallest absolute Gasteiger partial charge is 0.405 e. The second-order valence-electron chi connectivity index (χ2n) is 10.5. The van der Waals surface area contributed by atoms with E-state index in [1.54, 1.807) is 18.2 Å². The SMILES string of the molecule is C=C(C)c1cc(C(=O)NC(CCC)c2ccccc2OC(F)(F)F)ccc1C1C(c2nc3ccccc3[nH]2)=CC=C[C@@H]1Cl. The number of fused-ring (bicyclic) bond motifs is 1. The average molecular weight is 606 g/mol. The van der Waals surface area contributed by atoms with Gasteiger partial charge in [0.25, 0.3) is 5.91 Å². The lowest BCUT2D eigenvalue weighted by Gasteiger charge is -2.28. The second kappa shape index (κ2) is 12.5. The van der Waals surface area contributed by atoms with Gasteiger partial charge in [0.1, 0.15) is 11.6 Å². The van der Waals surface area contributed by atoms with E-state index in [0.717, 1.165) is 33.3 Å². The molecule has 0 bridgehead atoms. The summed E-state index contributed by atoms with van der Waals surface area (Å²) in [6.45, 7) is 7.92. The highest BCUT2D eigenvalue weighted by atomic mass is 35.5. The number of nitrogens with zero attached hydrogens (tertiary/aromatic N) is 1. The molecule has 4 aromatic rings. The standard InChI is InChI=1S/C34H31ClF3N3O2/c1-4-10-27(23-11-5-8-16-30(23)43-34(36,37)38)41-33(42)21-17-18-22(25(19-21)20(2)3)31-24(12-9-13-26(31)35)32-39-28-14-6-7-15-29(28)40-32/h5-9,11-19,26-27,31H,2,4,10H2,1,3H3,(H,39,40)(H,41,42)/t26-,27?,31?/m0/s1. The summed E-state index contributed by atoms with van der Waals surface area (Å²) in [5, 5.41) is 2.54. The number of ether oxygens (including phenoxy) is 1. The van der Waals surface area contributed by atoms with Gasteiger partial charge in [-0.1, -0.05) is 80.1 Å². The van der Waals surface area contributed by atoms with E-state index in [2.05, 4.69) is 21.6 Å². The number of aromatic nitrogens is 2. The third kappa shape index (κ3) is 6.70. The van der Waals surface area contributed by atoms with Crippen molar-refractivity contribution in [2.75, 3.05) is 0 Å². The molecule has 1 amide bonds. The van der Waals surface area contributed by atoms with Crippen LogP contribution in [0.5, 0.6) is 5.75 Å². The number of H-pyrrole nitrogens is 1. The fraction of sp³-hybridized carbons (Fsp3) is 0.235. The Bertz CT molecular complexity index is 1690. The zero-order valence-electron chi connectivity index (χ0n) is 23.7. The minimum absolute atomic E-state index is 0.256. The molecule has 1 aromatic heterocycles. The molecule has 5 rings (SSSR count). The van der Waals surface area contributed by atoms with Crippen LogP contribution in [0.25, 0.3) is 22.2 Å². The molecular formula is C34H31ClF3N3O2. The van der Waals surface area contributed by atoms with Crippen molar-refractivity contribution in [1.29, 1.82) is 0 Å². The van der Waals surface area contributed by atoms with Crippen molar-refractivity contribution in [1.82, 2.24) is 15.3 Å². The molecule has 222 valence electrons. The first-order valence-corrected chi connectivity index (χ1v) is 14.4. The zero-order chi connectivity index (χ0) is 30.7. The Morgan fingerprint density at radius 3 is 2.60 bits per heavy atom. The number of allylic oxidation sites excluding steroid dienone is 5. The normalized spacial score (nSPS) is 17.4. The first kappa shape index (κ1) is 30.2. The highest BCUT2D eigenvalue weighted by Gasteiger charge is 2.34. The Morgan fingerprint density at radius 2 is 1.88 bits per heavy atom. The maximum Gasteiger partial charge on any atom is 0.573 e. The fourth-order valence-corrected chi connectivity index (χ4v) is 5.82. The van der Waals surface area contributed by atoms with Crippen molar-refractivity contribution in [2.24, 2.45) is 0 Å². The molecule has 2 N–H and O–H groups in total. The van der Waals surface area contributed by atoms with Crippen LogP contribution >= 0.6 is 11.6 Å². The van der Waals surface area contributed by atoms with Gasteiger partial charge in [-0.2, -0.15) is 0 Å². The predicted octanol–water partition coefficient (Wildman–Crippen LogP) is 9.11. The van der Waals surface area contributed by atoms with Crippen molar-refractivity contribution < 1.29 is 22.7 Å². The number of hydrogen-bond acceptors (Lipinski definition) is 3. The number of imidazole rings is 1. The molecule has 9 heteroatoms. The third-order valence-corrected chi connectivity index (χ3v) is 7.80. The molecule has 0 radical (unpaired) electrons. The number of nitrogens with one attached hydrogen (secondary N) is 2. The van der Waals surface area contributed by atoms with Gasteiger partial charge in [-0.15, -0.1) is 24.8 Å². The lowest BCUT2D eigenvalue weighted by atomic mass is 9.80. The lowest BCUT2D eigenvalue weighted by Crippen LogP contribution is -2.30. The zero-order valence-corrected chi connectivity index (χ0v) is 24.5. The van der Waals surface area contributed by atoms with Crippen LogP contribution in [-0.2, 0) is 0 Å². The number of halogens is 4. The Hall–Kier alpha value is -4.30. The van der Waals surface area contributed by atoms with Gasteiger partial charge in [-0.25, -0.2) is 4.98 Å². The van der Waals surface area contributed by atoms with Crippen molar-refractivity contribution in [2.45, 2.75) is 50.4 Å². The topological polar surface area (TPSA) is 67.0 Å². The molecular weight excluding hydrogens is 575 g/mol. The summed E-state index contributed by atoms with van der Waals surface area (Å²) in [6.07, 6.45) is 2.01. The summed E-state index contributed by atoms with van der Waals surface area (Å²) in [5.41, 5.74) is 5.64. The van der Waals surface area contributed by atoms with Gasteiger partial charge in [0, 0.05) is 22.6 Å². The largest absolute Gasteiger partial charge is 0.573 e. The van der Waals surface area contributed by atoms with E-state index < -0.39 is 18.3 Å². The minimum Gasteiger partial charge on any atom is -0.405 e. The number of hydrogen-bond donors (Lipinski definition) is 2. The van der Waals surface area contributed by atoms with E-state index in [-0.39, 0.29) is 22.6 Å². The predicted molar refractivity (Wildman–Crippen MR) is 165 cm³/mol. The molecule has 3 aromatic carbocycles. The number of alkyl halides is 4.